The Morgan fingerprint density at radius 1 is 0.486 bits per heavy atom. The summed E-state index contributed by atoms with van der Waals surface area (Å²) in [5, 5.41) is 31.6. The van der Waals surface area contributed by atoms with Crippen LogP contribution in [0.15, 0.2) is 0 Å². The molecule has 35 heavy (non-hydrogen) atoms. The van der Waals surface area contributed by atoms with Crippen LogP contribution in [0, 0.1) is 0 Å². The molecule has 0 heterocycles. The second-order valence-electron chi connectivity index (χ2n) is 10.4. The lowest BCUT2D eigenvalue weighted by atomic mass is 9.85. The quantitative estimate of drug-likeness (QED) is 0.112. The van der Waals surface area contributed by atoms with Crippen molar-refractivity contribution in [3.63, 3.8) is 0 Å². The van der Waals surface area contributed by atoms with Gasteiger partial charge in [0.2, 0.25) is 0 Å². The van der Waals surface area contributed by atoms with Crippen LogP contribution in [0.2, 0.25) is 0 Å². The lowest BCUT2D eigenvalue weighted by Gasteiger charge is -2.21. The molecule has 0 aliphatic rings. The van der Waals surface area contributed by atoms with Crippen LogP contribution >= 0.6 is 0 Å². The Kier molecular flexibility index (Phi) is 17.4. The van der Waals surface area contributed by atoms with E-state index in [4.69, 9.17) is 0 Å². The third-order valence-electron chi connectivity index (χ3n) is 7.33. The third-order valence-corrected chi connectivity index (χ3v) is 7.33. The number of aromatic carboxylic acids is 1. The maximum Gasteiger partial charge on any atom is 0.339 e. The number of benzene rings is 1. The smallest absolute Gasteiger partial charge is 0.339 e. The van der Waals surface area contributed by atoms with Crippen LogP contribution in [0.25, 0.3) is 0 Å². The van der Waals surface area contributed by atoms with E-state index in [1.165, 1.54) is 70.6 Å². The lowest BCUT2D eigenvalue weighted by molar-refractivity contribution is 0.0691. The molecule has 0 spiro atoms. The minimum absolute atomic E-state index is 0.0660. The summed E-state index contributed by atoms with van der Waals surface area (Å²) in [5.74, 6) is -1.75. The molecule has 1 aromatic carbocycles. The molecular weight excluding hydrogens is 436 g/mol. The van der Waals surface area contributed by atoms with E-state index in [9.17, 15) is 20.1 Å². The molecule has 0 saturated heterocycles. The van der Waals surface area contributed by atoms with Crippen molar-refractivity contribution < 1.29 is 20.1 Å². The van der Waals surface area contributed by atoms with E-state index in [-0.39, 0.29) is 11.3 Å². The van der Waals surface area contributed by atoms with Crippen molar-refractivity contribution in [2.24, 2.45) is 0 Å². The molecule has 0 bridgehead atoms. The first-order valence-corrected chi connectivity index (χ1v) is 14.8. The number of carboxylic acids is 1. The van der Waals surface area contributed by atoms with Gasteiger partial charge in [0.1, 0.15) is 5.56 Å². The summed E-state index contributed by atoms with van der Waals surface area (Å²) in [4.78, 5) is 12.2. The van der Waals surface area contributed by atoms with Crippen molar-refractivity contribution in [3.05, 3.63) is 22.3 Å². The Morgan fingerprint density at radius 3 is 1.23 bits per heavy atom. The van der Waals surface area contributed by atoms with Crippen molar-refractivity contribution in [3.8, 4) is 11.5 Å². The summed E-state index contributed by atoms with van der Waals surface area (Å²) in [6.07, 6.45) is 23.0. The normalized spacial score (nSPS) is 11.3. The molecule has 4 nitrogen and oxygen atoms in total. The molecule has 0 aliphatic heterocycles. The summed E-state index contributed by atoms with van der Waals surface area (Å²) < 4.78 is 0. The summed E-state index contributed by atoms with van der Waals surface area (Å²) in [6, 6.07) is 0. The molecule has 1 aromatic rings. The highest BCUT2D eigenvalue weighted by molar-refractivity contribution is 5.94. The minimum Gasteiger partial charge on any atom is -0.504 e. The highest BCUT2D eigenvalue weighted by atomic mass is 16.4. The van der Waals surface area contributed by atoms with Gasteiger partial charge >= 0.3 is 5.97 Å². The SMILES string of the molecule is CCCCCCCCc1c(O)c(O)c(C(=O)O)c(CCCCCCCC)c1CCCCCCCC. The van der Waals surface area contributed by atoms with E-state index >= 15 is 0 Å². The largest absolute Gasteiger partial charge is 0.504 e. The van der Waals surface area contributed by atoms with Gasteiger partial charge in [-0.2, -0.15) is 0 Å². The predicted molar refractivity (Wildman–Crippen MR) is 148 cm³/mol. The first-order valence-electron chi connectivity index (χ1n) is 14.8. The van der Waals surface area contributed by atoms with Gasteiger partial charge < -0.3 is 15.3 Å². The number of phenols is 2. The van der Waals surface area contributed by atoms with Crippen LogP contribution in [0.1, 0.15) is 163 Å². The Balaban J connectivity index is 3.10. The van der Waals surface area contributed by atoms with Gasteiger partial charge in [-0.25, -0.2) is 4.79 Å². The molecule has 0 aliphatic carbocycles. The molecule has 0 atom stereocenters. The zero-order valence-corrected chi connectivity index (χ0v) is 23.1. The van der Waals surface area contributed by atoms with Gasteiger partial charge in [-0.15, -0.1) is 0 Å². The Labute approximate surface area is 215 Å². The van der Waals surface area contributed by atoms with Crippen LogP contribution in [-0.2, 0) is 19.3 Å². The maximum atomic E-state index is 12.2. The van der Waals surface area contributed by atoms with Gasteiger partial charge in [0.25, 0.3) is 0 Å². The Hall–Kier alpha value is -1.71. The molecular formula is C31H54O4. The van der Waals surface area contributed by atoms with Crippen LogP contribution in [0.3, 0.4) is 0 Å². The van der Waals surface area contributed by atoms with Crippen molar-refractivity contribution in [2.75, 3.05) is 0 Å². The number of carboxylic acid groups (broad SMARTS) is 1. The van der Waals surface area contributed by atoms with Crippen LogP contribution in [-0.4, -0.2) is 21.3 Å². The summed E-state index contributed by atoms with van der Waals surface area (Å²) in [6.45, 7) is 6.64. The first-order chi connectivity index (χ1) is 17.0. The number of rotatable bonds is 22. The number of aromatic hydroxyl groups is 2. The molecule has 4 heteroatoms. The van der Waals surface area contributed by atoms with E-state index < -0.39 is 11.7 Å². The van der Waals surface area contributed by atoms with E-state index in [0.29, 0.717) is 12.8 Å². The lowest BCUT2D eigenvalue weighted by Crippen LogP contribution is -2.11. The zero-order chi connectivity index (χ0) is 25.9. The summed E-state index contributed by atoms with van der Waals surface area (Å²) in [5.41, 5.74) is 2.52. The topological polar surface area (TPSA) is 77.8 Å². The maximum absolute atomic E-state index is 12.2. The highest BCUT2D eigenvalue weighted by Gasteiger charge is 2.26. The molecule has 202 valence electrons. The molecule has 0 amide bonds. The van der Waals surface area contributed by atoms with Gasteiger partial charge in [0.15, 0.2) is 11.5 Å². The van der Waals surface area contributed by atoms with Crippen LogP contribution in [0.5, 0.6) is 11.5 Å². The van der Waals surface area contributed by atoms with Gasteiger partial charge in [-0.1, -0.05) is 117 Å². The fourth-order valence-electron chi connectivity index (χ4n) is 5.20. The second-order valence-corrected chi connectivity index (χ2v) is 10.4. The highest BCUT2D eigenvalue weighted by Crippen LogP contribution is 2.41. The van der Waals surface area contributed by atoms with E-state index in [1.807, 2.05) is 0 Å². The molecule has 0 fully saturated rings. The number of phenolic OH excluding ortho intramolecular Hbond substituents is 1. The van der Waals surface area contributed by atoms with Crippen LogP contribution < -0.4 is 0 Å². The molecule has 0 radical (unpaired) electrons. The van der Waals surface area contributed by atoms with Gasteiger partial charge in [0.05, 0.1) is 0 Å². The van der Waals surface area contributed by atoms with Crippen molar-refractivity contribution >= 4 is 5.97 Å². The molecule has 0 aromatic heterocycles. The van der Waals surface area contributed by atoms with E-state index in [0.717, 1.165) is 68.1 Å². The predicted octanol–water partition coefficient (Wildman–Crippen LogP) is 9.50. The summed E-state index contributed by atoms with van der Waals surface area (Å²) in [7, 11) is 0. The minimum atomic E-state index is -1.13. The zero-order valence-electron chi connectivity index (χ0n) is 23.1. The standard InChI is InChI=1S/C31H54O4/c1-4-7-10-13-16-19-22-25-26(23-20-17-14-11-8-5-2)28(31(34)35)30(33)29(32)27(25)24-21-18-15-12-9-6-3/h32-33H,4-24H2,1-3H3,(H,34,35). The number of unbranched alkanes of at least 4 members (excludes halogenated alkanes) is 15. The number of hydrogen-bond acceptors (Lipinski definition) is 3. The van der Waals surface area contributed by atoms with E-state index in [2.05, 4.69) is 20.8 Å². The molecule has 1 rings (SSSR count). The second kappa shape index (κ2) is 19.5. The monoisotopic (exact) mass is 490 g/mol. The summed E-state index contributed by atoms with van der Waals surface area (Å²) >= 11 is 0. The third kappa shape index (κ3) is 11.7. The molecule has 0 unspecified atom stereocenters. The average molecular weight is 491 g/mol. The van der Waals surface area contributed by atoms with Crippen molar-refractivity contribution in [1.82, 2.24) is 0 Å². The fraction of sp³-hybridized carbons (Fsp3) is 0.774. The fourth-order valence-corrected chi connectivity index (χ4v) is 5.20. The first kappa shape index (κ1) is 31.3. The van der Waals surface area contributed by atoms with Gasteiger partial charge in [-0.05, 0) is 49.7 Å². The van der Waals surface area contributed by atoms with Gasteiger partial charge in [0, 0.05) is 5.56 Å². The Bertz CT molecular complexity index is 711. The number of carbonyl (C=O) groups is 1. The van der Waals surface area contributed by atoms with Gasteiger partial charge in [-0.3, -0.25) is 0 Å². The van der Waals surface area contributed by atoms with Crippen molar-refractivity contribution in [2.45, 2.75) is 156 Å². The van der Waals surface area contributed by atoms with E-state index in [1.54, 1.807) is 0 Å². The van der Waals surface area contributed by atoms with Crippen LogP contribution in [0.4, 0.5) is 0 Å². The number of hydrogen-bond donors (Lipinski definition) is 3. The van der Waals surface area contributed by atoms with Crippen molar-refractivity contribution in [1.29, 1.82) is 0 Å². The molecule has 0 saturated carbocycles. The Morgan fingerprint density at radius 2 is 0.829 bits per heavy atom. The molecule has 3 N–H and O–H groups in total. The average Bonchev–Trinajstić information content (AvgIpc) is 2.84.